The number of fused-ring (bicyclic) bond motifs is 1. The van der Waals surface area contributed by atoms with E-state index in [0.29, 0.717) is 35.5 Å². The molecule has 0 bridgehead atoms. The standard InChI is InChI=1S/C29H34ClF2N3O3/c1-25(2,3)14-28-27(15-36,19-10-9-16(30)11-21(19)33-5)23(18-7-6-8-20(31)22(18)32)29(28,35-28)24(37)34-17-12-26(4,38)13-17/h6-11,15,17,23,33,35,38H,12-14H2,1-5H3,(H,34,37). The molecule has 5 rings (SSSR count). The van der Waals surface area contributed by atoms with Gasteiger partial charge in [-0.3, -0.25) is 10.1 Å². The number of carbonyl (C=O) groups is 2. The van der Waals surface area contributed by atoms with Gasteiger partial charge in [0.05, 0.1) is 16.6 Å². The average molecular weight is 546 g/mol. The second kappa shape index (κ2) is 8.47. The molecule has 6 nitrogen and oxygen atoms in total. The summed E-state index contributed by atoms with van der Waals surface area (Å²) in [4.78, 5) is 27.5. The molecule has 1 aliphatic heterocycles. The van der Waals surface area contributed by atoms with E-state index in [1.807, 2.05) is 20.8 Å². The molecule has 1 amide bonds. The number of halogens is 3. The van der Waals surface area contributed by atoms with E-state index in [-0.39, 0.29) is 22.9 Å². The van der Waals surface area contributed by atoms with E-state index in [1.165, 1.54) is 12.1 Å². The molecule has 2 saturated carbocycles. The van der Waals surface area contributed by atoms with Crippen molar-refractivity contribution in [2.24, 2.45) is 5.41 Å². The van der Waals surface area contributed by atoms with Crippen LogP contribution in [0.3, 0.4) is 0 Å². The number of aliphatic hydroxyl groups is 1. The van der Waals surface area contributed by atoms with Gasteiger partial charge in [0.1, 0.15) is 11.8 Å². The summed E-state index contributed by atoms with van der Waals surface area (Å²) in [6, 6.07) is 8.67. The van der Waals surface area contributed by atoms with Crippen LogP contribution in [0, 0.1) is 17.0 Å². The second-order valence-corrected chi connectivity index (χ2v) is 13.1. The maximum absolute atomic E-state index is 15.5. The first-order valence-corrected chi connectivity index (χ1v) is 13.3. The third-order valence-corrected chi connectivity index (χ3v) is 8.89. The quantitative estimate of drug-likeness (QED) is 0.304. The molecule has 1 heterocycles. The largest absolute Gasteiger partial charge is 0.390 e. The minimum atomic E-state index is -1.42. The van der Waals surface area contributed by atoms with E-state index in [9.17, 15) is 19.1 Å². The van der Waals surface area contributed by atoms with Crippen LogP contribution in [0.1, 0.15) is 64.0 Å². The molecule has 0 spiro atoms. The minimum Gasteiger partial charge on any atom is -0.390 e. The van der Waals surface area contributed by atoms with Crippen LogP contribution in [0.5, 0.6) is 0 Å². The van der Waals surface area contributed by atoms with E-state index >= 15 is 4.39 Å². The molecule has 2 aromatic carbocycles. The van der Waals surface area contributed by atoms with Crippen molar-refractivity contribution < 1.29 is 23.5 Å². The van der Waals surface area contributed by atoms with Crippen molar-refractivity contribution in [2.45, 2.75) is 81.0 Å². The number of hydrogen-bond donors (Lipinski definition) is 4. The predicted molar refractivity (Wildman–Crippen MR) is 142 cm³/mol. The van der Waals surface area contributed by atoms with Gasteiger partial charge in [0, 0.05) is 29.7 Å². The van der Waals surface area contributed by atoms with Gasteiger partial charge in [-0.1, -0.05) is 50.6 Å². The van der Waals surface area contributed by atoms with Crippen molar-refractivity contribution in [3.8, 4) is 0 Å². The molecule has 4 atom stereocenters. The van der Waals surface area contributed by atoms with Gasteiger partial charge < -0.3 is 20.5 Å². The highest BCUT2D eigenvalue weighted by Crippen LogP contribution is 2.77. The highest BCUT2D eigenvalue weighted by Gasteiger charge is 2.95. The van der Waals surface area contributed by atoms with Gasteiger partial charge in [-0.05, 0) is 60.9 Å². The van der Waals surface area contributed by atoms with Crippen LogP contribution in [0.25, 0.3) is 0 Å². The van der Waals surface area contributed by atoms with E-state index < -0.39 is 39.6 Å². The average Bonchev–Trinajstić information content (AvgIpc) is 3.39. The number of nitrogens with one attached hydrogen (secondary N) is 3. The third kappa shape index (κ3) is 3.56. The third-order valence-electron chi connectivity index (χ3n) is 8.65. The Balaban J connectivity index is 1.73. The Morgan fingerprint density at radius 2 is 1.92 bits per heavy atom. The summed E-state index contributed by atoms with van der Waals surface area (Å²) in [6.07, 6.45) is 1.98. The van der Waals surface area contributed by atoms with Crippen molar-refractivity contribution in [1.29, 1.82) is 0 Å². The fraction of sp³-hybridized carbons (Fsp3) is 0.517. The molecule has 3 fully saturated rings. The molecule has 4 N–H and O–H groups in total. The van der Waals surface area contributed by atoms with Gasteiger partial charge in [-0.2, -0.15) is 0 Å². The molecule has 204 valence electrons. The Hall–Kier alpha value is -2.55. The zero-order valence-electron chi connectivity index (χ0n) is 22.2. The molecule has 0 aromatic heterocycles. The van der Waals surface area contributed by atoms with Crippen LogP contribution >= 0.6 is 11.6 Å². The van der Waals surface area contributed by atoms with Crippen molar-refractivity contribution >= 4 is 29.5 Å². The fourth-order valence-electron chi connectivity index (χ4n) is 7.40. The summed E-state index contributed by atoms with van der Waals surface area (Å²) in [7, 11) is 1.70. The Morgan fingerprint density at radius 3 is 2.50 bits per heavy atom. The lowest BCUT2D eigenvalue weighted by molar-refractivity contribution is -0.135. The Morgan fingerprint density at radius 1 is 1.24 bits per heavy atom. The van der Waals surface area contributed by atoms with Gasteiger partial charge in [0.15, 0.2) is 11.6 Å². The lowest BCUT2D eigenvalue weighted by atomic mass is 9.41. The van der Waals surface area contributed by atoms with E-state index in [4.69, 9.17) is 11.6 Å². The van der Waals surface area contributed by atoms with Crippen LogP contribution < -0.4 is 16.0 Å². The lowest BCUT2D eigenvalue weighted by Gasteiger charge is -2.57. The van der Waals surface area contributed by atoms with E-state index in [2.05, 4.69) is 16.0 Å². The van der Waals surface area contributed by atoms with Gasteiger partial charge in [0.25, 0.3) is 0 Å². The number of anilines is 1. The van der Waals surface area contributed by atoms with E-state index in [0.717, 1.165) is 12.4 Å². The van der Waals surface area contributed by atoms with Crippen LogP contribution in [-0.4, -0.2) is 47.1 Å². The smallest absolute Gasteiger partial charge is 0.243 e. The SMILES string of the molecule is CNc1cc(Cl)ccc1C1(C=O)C(c2cccc(F)c2F)C2(C(=O)NC3CC(C)(O)C3)NC21CC(C)(C)C. The number of hydrogen-bond acceptors (Lipinski definition) is 5. The molecule has 9 heteroatoms. The first-order valence-electron chi connectivity index (χ1n) is 12.9. The topological polar surface area (TPSA) is 100 Å². The van der Waals surface area contributed by atoms with Gasteiger partial charge in [-0.25, -0.2) is 8.78 Å². The van der Waals surface area contributed by atoms with Crippen molar-refractivity contribution in [3.05, 3.63) is 64.2 Å². The number of benzene rings is 2. The molecule has 3 aliphatic rings. The fourth-order valence-corrected chi connectivity index (χ4v) is 7.57. The maximum atomic E-state index is 15.5. The molecular formula is C29H34ClF2N3O3. The maximum Gasteiger partial charge on any atom is 0.243 e. The number of amides is 1. The van der Waals surface area contributed by atoms with Gasteiger partial charge >= 0.3 is 0 Å². The Bertz CT molecular complexity index is 1320. The molecule has 4 unspecified atom stereocenters. The monoisotopic (exact) mass is 545 g/mol. The predicted octanol–water partition coefficient (Wildman–Crippen LogP) is 4.44. The molecule has 2 aromatic rings. The van der Waals surface area contributed by atoms with Gasteiger partial charge in [0.2, 0.25) is 5.91 Å². The first kappa shape index (κ1) is 27.0. The van der Waals surface area contributed by atoms with Crippen molar-refractivity contribution in [2.75, 3.05) is 12.4 Å². The molecule has 1 saturated heterocycles. The van der Waals surface area contributed by atoms with Gasteiger partial charge in [-0.15, -0.1) is 0 Å². The summed E-state index contributed by atoms with van der Waals surface area (Å²) in [5.74, 6) is -3.56. The first-order chi connectivity index (χ1) is 17.7. The van der Waals surface area contributed by atoms with E-state index in [1.54, 1.807) is 32.2 Å². The molecule has 0 radical (unpaired) electrons. The van der Waals surface area contributed by atoms with Crippen molar-refractivity contribution in [3.63, 3.8) is 0 Å². The normalized spacial score (nSPS) is 35.4. The summed E-state index contributed by atoms with van der Waals surface area (Å²) in [5.41, 5.74) is -3.96. The minimum absolute atomic E-state index is 0.0422. The molecular weight excluding hydrogens is 512 g/mol. The second-order valence-electron chi connectivity index (χ2n) is 12.7. The van der Waals surface area contributed by atoms with Crippen LogP contribution in [0.4, 0.5) is 14.5 Å². The summed E-state index contributed by atoms with van der Waals surface area (Å²) >= 11 is 6.28. The molecule has 2 aliphatic carbocycles. The number of rotatable bonds is 7. The van der Waals surface area contributed by atoms with Crippen LogP contribution in [0.2, 0.25) is 5.02 Å². The zero-order valence-corrected chi connectivity index (χ0v) is 23.0. The Kier molecular flexibility index (Phi) is 6.03. The highest BCUT2D eigenvalue weighted by molar-refractivity contribution is 6.31. The zero-order chi connectivity index (χ0) is 27.9. The lowest BCUT2D eigenvalue weighted by Crippen LogP contribution is -2.72. The summed E-state index contributed by atoms with van der Waals surface area (Å²) < 4.78 is 30.1. The van der Waals surface area contributed by atoms with Crippen molar-refractivity contribution in [1.82, 2.24) is 10.6 Å². The summed E-state index contributed by atoms with van der Waals surface area (Å²) in [6.45, 7) is 7.75. The van der Waals surface area contributed by atoms with Crippen LogP contribution in [0.15, 0.2) is 36.4 Å². The molecule has 38 heavy (non-hydrogen) atoms. The number of aldehydes is 1. The Labute approximate surface area is 226 Å². The number of carbonyl (C=O) groups excluding carboxylic acids is 2. The summed E-state index contributed by atoms with van der Waals surface area (Å²) in [5, 5.41) is 20.2. The highest BCUT2D eigenvalue weighted by atomic mass is 35.5. The van der Waals surface area contributed by atoms with Crippen LogP contribution in [-0.2, 0) is 15.0 Å².